The fourth-order valence-corrected chi connectivity index (χ4v) is 1.52. The Bertz CT molecular complexity index is 320. The summed E-state index contributed by atoms with van der Waals surface area (Å²) in [5.74, 6) is -0.109. The van der Waals surface area contributed by atoms with Crippen molar-refractivity contribution in [3.05, 3.63) is 47.9 Å². The summed E-state index contributed by atoms with van der Waals surface area (Å²) in [5, 5.41) is 0. The molecule has 1 heterocycles. The lowest BCUT2D eigenvalue weighted by molar-refractivity contribution is 0.391. The average Bonchev–Trinajstić information content (AvgIpc) is 2.61. The van der Waals surface area contributed by atoms with Gasteiger partial charge in [0.25, 0.3) is 0 Å². The van der Waals surface area contributed by atoms with Gasteiger partial charge in [-0.1, -0.05) is 24.3 Å². The molecule has 0 saturated carbocycles. The van der Waals surface area contributed by atoms with E-state index in [1.54, 1.807) is 6.07 Å². The third-order valence-electron chi connectivity index (χ3n) is 2.23. The molecule has 0 aliphatic carbocycles. The van der Waals surface area contributed by atoms with Gasteiger partial charge in [-0.15, -0.1) is 0 Å². The van der Waals surface area contributed by atoms with E-state index in [0.29, 0.717) is 6.54 Å². The van der Waals surface area contributed by atoms with Crippen LogP contribution in [0.25, 0.3) is 0 Å². The highest BCUT2D eigenvalue weighted by atomic mass is 19.1. The van der Waals surface area contributed by atoms with Gasteiger partial charge in [-0.05, 0) is 18.7 Å². The Morgan fingerprint density at radius 1 is 1.31 bits per heavy atom. The average molecular weight is 177 g/mol. The highest BCUT2D eigenvalue weighted by Gasteiger charge is 2.07. The molecule has 0 bridgehead atoms. The van der Waals surface area contributed by atoms with Gasteiger partial charge < -0.3 is 4.90 Å². The van der Waals surface area contributed by atoms with Crippen molar-refractivity contribution in [3.8, 4) is 0 Å². The first-order valence-corrected chi connectivity index (χ1v) is 4.50. The predicted octanol–water partition coefficient (Wildman–Crippen LogP) is 2.55. The molecule has 1 aromatic rings. The first-order valence-electron chi connectivity index (χ1n) is 4.50. The topological polar surface area (TPSA) is 3.24 Å². The van der Waals surface area contributed by atoms with Crippen LogP contribution in [0.1, 0.15) is 12.0 Å². The van der Waals surface area contributed by atoms with Crippen LogP contribution in [0.3, 0.4) is 0 Å². The molecule has 0 fully saturated rings. The lowest BCUT2D eigenvalue weighted by atomic mass is 10.2. The van der Waals surface area contributed by atoms with Crippen LogP contribution in [0.5, 0.6) is 0 Å². The van der Waals surface area contributed by atoms with Crippen molar-refractivity contribution in [2.24, 2.45) is 0 Å². The number of halogens is 1. The number of rotatable bonds is 2. The molecule has 0 N–H and O–H groups in total. The van der Waals surface area contributed by atoms with Crippen molar-refractivity contribution in [1.82, 2.24) is 4.90 Å². The maximum Gasteiger partial charge on any atom is 0.128 e. The smallest absolute Gasteiger partial charge is 0.128 e. The van der Waals surface area contributed by atoms with Crippen LogP contribution in [-0.2, 0) is 6.54 Å². The molecule has 2 heteroatoms. The molecule has 2 rings (SSSR count). The zero-order valence-electron chi connectivity index (χ0n) is 7.41. The van der Waals surface area contributed by atoms with Gasteiger partial charge in [-0.2, -0.15) is 0 Å². The summed E-state index contributed by atoms with van der Waals surface area (Å²) in [7, 11) is 0. The molecule has 1 aliphatic heterocycles. The SMILES string of the molecule is Fc1ccccc1CN1C=CCC1. The molecule has 0 atom stereocenters. The molecule has 1 nitrogen and oxygen atoms in total. The second-order valence-corrected chi connectivity index (χ2v) is 3.24. The number of hydrogen-bond donors (Lipinski definition) is 0. The van der Waals surface area contributed by atoms with E-state index in [9.17, 15) is 4.39 Å². The van der Waals surface area contributed by atoms with Gasteiger partial charge in [0.1, 0.15) is 5.82 Å². The molecule has 0 saturated heterocycles. The minimum Gasteiger partial charge on any atom is -0.373 e. The predicted molar refractivity (Wildman–Crippen MR) is 50.6 cm³/mol. The van der Waals surface area contributed by atoms with E-state index in [-0.39, 0.29) is 5.82 Å². The molecular weight excluding hydrogens is 165 g/mol. The lowest BCUT2D eigenvalue weighted by Crippen LogP contribution is -2.14. The van der Waals surface area contributed by atoms with Crippen LogP contribution >= 0.6 is 0 Å². The maximum absolute atomic E-state index is 13.2. The summed E-state index contributed by atoms with van der Waals surface area (Å²) in [6.45, 7) is 1.69. The van der Waals surface area contributed by atoms with Crippen LogP contribution in [0, 0.1) is 5.82 Å². The zero-order chi connectivity index (χ0) is 9.10. The third-order valence-corrected chi connectivity index (χ3v) is 2.23. The van der Waals surface area contributed by atoms with Gasteiger partial charge in [-0.3, -0.25) is 0 Å². The van der Waals surface area contributed by atoms with Crippen molar-refractivity contribution in [2.75, 3.05) is 6.54 Å². The quantitative estimate of drug-likeness (QED) is 0.671. The van der Waals surface area contributed by atoms with Gasteiger partial charge in [-0.25, -0.2) is 4.39 Å². The van der Waals surface area contributed by atoms with Crippen LogP contribution in [0.4, 0.5) is 4.39 Å². The van der Waals surface area contributed by atoms with E-state index in [1.807, 2.05) is 18.3 Å². The van der Waals surface area contributed by atoms with E-state index in [2.05, 4.69) is 11.0 Å². The fourth-order valence-electron chi connectivity index (χ4n) is 1.52. The van der Waals surface area contributed by atoms with Crippen LogP contribution in [0.2, 0.25) is 0 Å². The standard InChI is InChI=1S/C11H12FN/c12-11-6-2-1-5-10(11)9-13-7-3-4-8-13/h1-3,5-7H,4,8-9H2. The summed E-state index contributed by atoms with van der Waals surface area (Å²) in [6, 6.07) is 6.94. The molecule has 0 radical (unpaired) electrons. The Hall–Kier alpha value is -1.31. The van der Waals surface area contributed by atoms with E-state index >= 15 is 0 Å². The Morgan fingerprint density at radius 2 is 2.15 bits per heavy atom. The molecule has 0 aromatic heterocycles. The molecule has 68 valence electrons. The zero-order valence-corrected chi connectivity index (χ0v) is 7.41. The van der Waals surface area contributed by atoms with Crippen molar-refractivity contribution in [1.29, 1.82) is 0 Å². The van der Waals surface area contributed by atoms with Gasteiger partial charge in [0.05, 0.1) is 0 Å². The fraction of sp³-hybridized carbons (Fsp3) is 0.273. The van der Waals surface area contributed by atoms with Crippen molar-refractivity contribution >= 4 is 0 Å². The van der Waals surface area contributed by atoms with Gasteiger partial charge in [0.2, 0.25) is 0 Å². The van der Waals surface area contributed by atoms with Crippen molar-refractivity contribution < 1.29 is 4.39 Å². The van der Waals surface area contributed by atoms with Crippen LogP contribution in [0.15, 0.2) is 36.5 Å². The molecule has 0 spiro atoms. The van der Waals surface area contributed by atoms with Gasteiger partial charge >= 0.3 is 0 Å². The highest BCUT2D eigenvalue weighted by Crippen LogP contribution is 2.13. The van der Waals surface area contributed by atoms with Gasteiger partial charge in [0, 0.05) is 18.7 Å². The minimum atomic E-state index is -0.109. The first kappa shape index (κ1) is 8.30. The Kier molecular flexibility index (Phi) is 2.30. The van der Waals surface area contributed by atoms with E-state index < -0.39 is 0 Å². The number of nitrogens with zero attached hydrogens (tertiary/aromatic N) is 1. The normalized spacial score (nSPS) is 15.3. The number of benzene rings is 1. The molecule has 13 heavy (non-hydrogen) atoms. The van der Waals surface area contributed by atoms with Crippen molar-refractivity contribution in [3.63, 3.8) is 0 Å². The molecule has 1 aromatic carbocycles. The van der Waals surface area contributed by atoms with Crippen molar-refractivity contribution in [2.45, 2.75) is 13.0 Å². The summed E-state index contributed by atoms with van der Waals surface area (Å²) in [6.07, 6.45) is 5.22. The summed E-state index contributed by atoms with van der Waals surface area (Å²) in [4.78, 5) is 2.12. The largest absolute Gasteiger partial charge is 0.373 e. The Labute approximate surface area is 77.5 Å². The van der Waals surface area contributed by atoms with Crippen LogP contribution < -0.4 is 0 Å². The third kappa shape index (κ3) is 1.89. The van der Waals surface area contributed by atoms with E-state index in [0.717, 1.165) is 18.5 Å². The minimum absolute atomic E-state index is 0.109. The summed E-state index contributed by atoms with van der Waals surface area (Å²) >= 11 is 0. The molecule has 0 unspecified atom stereocenters. The highest BCUT2D eigenvalue weighted by molar-refractivity contribution is 5.17. The maximum atomic E-state index is 13.2. The molecule has 0 amide bonds. The molecular formula is C11H12FN. The first-order chi connectivity index (χ1) is 6.36. The summed E-state index contributed by atoms with van der Waals surface area (Å²) in [5.41, 5.74) is 0.772. The molecule has 1 aliphatic rings. The van der Waals surface area contributed by atoms with E-state index in [4.69, 9.17) is 0 Å². The van der Waals surface area contributed by atoms with E-state index in [1.165, 1.54) is 6.07 Å². The lowest BCUT2D eigenvalue weighted by Gasteiger charge is -2.15. The summed E-state index contributed by atoms with van der Waals surface area (Å²) < 4.78 is 13.2. The van der Waals surface area contributed by atoms with Gasteiger partial charge in [0.15, 0.2) is 0 Å². The monoisotopic (exact) mass is 177 g/mol. The Morgan fingerprint density at radius 3 is 2.85 bits per heavy atom. The second-order valence-electron chi connectivity index (χ2n) is 3.24. The van der Waals surface area contributed by atoms with Crippen LogP contribution in [-0.4, -0.2) is 11.4 Å². The number of hydrogen-bond acceptors (Lipinski definition) is 1. The Balaban J connectivity index is 2.09. The second kappa shape index (κ2) is 3.60.